The minimum absolute atomic E-state index is 0.265. The molecule has 3 nitrogen and oxygen atoms in total. The highest BCUT2D eigenvalue weighted by Gasteiger charge is 2.35. The standard InChI is InChI=1S/C19H20FNO2/c20-15-1-3-16(4-2-15)22-17-5-7-18(8-6-17)23-19-13-21-11-9-14(19)10-12-21/h1-8,14,19H,9-13H2. The molecule has 0 aliphatic carbocycles. The molecule has 5 rings (SSSR count). The van der Waals surface area contributed by atoms with Crippen LogP contribution in [0.3, 0.4) is 0 Å². The van der Waals surface area contributed by atoms with E-state index in [2.05, 4.69) is 4.90 Å². The van der Waals surface area contributed by atoms with Crippen molar-refractivity contribution in [3.05, 3.63) is 54.3 Å². The average Bonchev–Trinajstić information content (AvgIpc) is 2.60. The third kappa shape index (κ3) is 3.32. The second kappa shape index (κ2) is 6.20. The van der Waals surface area contributed by atoms with Crippen molar-refractivity contribution in [2.24, 2.45) is 5.92 Å². The first-order valence-corrected chi connectivity index (χ1v) is 8.19. The largest absolute Gasteiger partial charge is 0.489 e. The van der Waals surface area contributed by atoms with Gasteiger partial charge in [0.1, 0.15) is 29.2 Å². The Morgan fingerprint density at radius 3 is 1.96 bits per heavy atom. The first kappa shape index (κ1) is 14.5. The number of halogens is 1. The Morgan fingerprint density at radius 1 is 0.826 bits per heavy atom. The molecule has 2 aromatic rings. The Hall–Kier alpha value is -2.07. The van der Waals surface area contributed by atoms with Gasteiger partial charge >= 0.3 is 0 Å². The predicted octanol–water partition coefficient (Wildman–Crippen LogP) is 4.09. The van der Waals surface area contributed by atoms with E-state index < -0.39 is 0 Å². The fourth-order valence-electron chi connectivity index (χ4n) is 3.44. The summed E-state index contributed by atoms with van der Waals surface area (Å²) in [4.78, 5) is 2.48. The van der Waals surface area contributed by atoms with Gasteiger partial charge in [-0.2, -0.15) is 0 Å². The van der Waals surface area contributed by atoms with E-state index in [-0.39, 0.29) is 5.82 Å². The molecular formula is C19H20FNO2. The lowest BCUT2D eigenvalue weighted by Gasteiger charge is -2.44. The van der Waals surface area contributed by atoms with Crippen molar-refractivity contribution in [1.82, 2.24) is 4.90 Å². The molecule has 4 heteroatoms. The summed E-state index contributed by atoms with van der Waals surface area (Å²) in [5.41, 5.74) is 0. The van der Waals surface area contributed by atoms with Gasteiger partial charge in [0.15, 0.2) is 0 Å². The van der Waals surface area contributed by atoms with Gasteiger partial charge in [-0.1, -0.05) is 0 Å². The molecule has 1 atom stereocenters. The van der Waals surface area contributed by atoms with E-state index in [1.807, 2.05) is 24.3 Å². The Balaban J connectivity index is 1.39. The highest BCUT2D eigenvalue weighted by molar-refractivity contribution is 5.35. The monoisotopic (exact) mass is 313 g/mol. The Bertz CT molecular complexity index is 648. The highest BCUT2D eigenvalue weighted by atomic mass is 19.1. The maximum Gasteiger partial charge on any atom is 0.127 e. The summed E-state index contributed by atoms with van der Waals surface area (Å²) >= 11 is 0. The van der Waals surface area contributed by atoms with Crippen LogP contribution in [-0.4, -0.2) is 30.6 Å². The highest BCUT2D eigenvalue weighted by Crippen LogP contribution is 2.31. The van der Waals surface area contributed by atoms with Gasteiger partial charge in [0.25, 0.3) is 0 Å². The molecule has 1 unspecified atom stereocenters. The molecule has 3 fully saturated rings. The van der Waals surface area contributed by atoms with E-state index in [1.165, 1.54) is 38.1 Å². The fourth-order valence-corrected chi connectivity index (χ4v) is 3.44. The van der Waals surface area contributed by atoms with Crippen molar-refractivity contribution in [2.75, 3.05) is 19.6 Å². The van der Waals surface area contributed by atoms with E-state index in [4.69, 9.17) is 9.47 Å². The molecule has 3 aliphatic heterocycles. The summed E-state index contributed by atoms with van der Waals surface area (Å²) in [5.74, 6) is 2.65. The van der Waals surface area contributed by atoms with Crippen LogP contribution >= 0.6 is 0 Å². The van der Waals surface area contributed by atoms with Crippen LogP contribution < -0.4 is 9.47 Å². The number of hydrogen-bond donors (Lipinski definition) is 0. The van der Waals surface area contributed by atoms with E-state index in [0.717, 1.165) is 18.0 Å². The number of hydrogen-bond acceptors (Lipinski definition) is 3. The summed E-state index contributed by atoms with van der Waals surface area (Å²) in [6.07, 6.45) is 2.80. The van der Waals surface area contributed by atoms with Crippen LogP contribution in [-0.2, 0) is 0 Å². The van der Waals surface area contributed by atoms with Crippen LogP contribution in [0.1, 0.15) is 12.8 Å². The Labute approximate surface area is 135 Å². The van der Waals surface area contributed by atoms with Gasteiger partial charge in [-0.25, -0.2) is 4.39 Å². The molecular weight excluding hydrogens is 293 g/mol. The first-order chi connectivity index (χ1) is 11.3. The molecule has 0 saturated carbocycles. The van der Waals surface area contributed by atoms with Crippen LogP contribution in [0.25, 0.3) is 0 Å². The molecule has 3 saturated heterocycles. The topological polar surface area (TPSA) is 21.7 Å². The van der Waals surface area contributed by atoms with Gasteiger partial charge in [-0.15, -0.1) is 0 Å². The fraction of sp³-hybridized carbons (Fsp3) is 0.368. The average molecular weight is 313 g/mol. The SMILES string of the molecule is Fc1ccc(Oc2ccc(OC3CN4CCC3CC4)cc2)cc1. The van der Waals surface area contributed by atoms with Crippen molar-refractivity contribution in [3.8, 4) is 17.2 Å². The van der Waals surface area contributed by atoms with Crippen molar-refractivity contribution in [3.63, 3.8) is 0 Å². The van der Waals surface area contributed by atoms with Crippen molar-refractivity contribution < 1.29 is 13.9 Å². The molecule has 0 radical (unpaired) electrons. The zero-order valence-corrected chi connectivity index (χ0v) is 13.0. The molecule has 2 aromatic carbocycles. The second-order valence-corrected chi connectivity index (χ2v) is 6.32. The van der Waals surface area contributed by atoms with Crippen LogP contribution in [0.4, 0.5) is 4.39 Å². The third-order valence-corrected chi connectivity index (χ3v) is 4.76. The second-order valence-electron chi connectivity index (χ2n) is 6.32. The molecule has 2 bridgehead atoms. The number of piperidine rings is 3. The van der Waals surface area contributed by atoms with E-state index in [9.17, 15) is 4.39 Å². The third-order valence-electron chi connectivity index (χ3n) is 4.76. The minimum atomic E-state index is -0.265. The lowest BCUT2D eigenvalue weighted by molar-refractivity contribution is -0.00777. The predicted molar refractivity (Wildman–Crippen MR) is 86.5 cm³/mol. The lowest BCUT2D eigenvalue weighted by atomic mass is 9.86. The van der Waals surface area contributed by atoms with Gasteiger partial charge in [-0.05, 0) is 80.4 Å². The van der Waals surface area contributed by atoms with Crippen LogP contribution in [0, 0.1) is 11.7 Å². The smallest absolute Gasteiger partial charge is 0.127 e. The summed E-state index contributed by atoms with van der Waals surface area (Å²) in [7, 11) is 0. The molecule has 0 aromatic heterocycles. The summed E-state index contributed by atoms with van der Waals surface area (Å²) in [6.45, 7) is 3.47. The molecule has 3 aliphatic rings. The molecule has 23 heavy (non-hydrogen) atoms. The Kier molecular flexibility index (Phi) is 3.92. The summed E-state index contributed by atoms with van der Waals surface area (Å²) in [5, 5.41) is 0. The number of rotatable bonds is 4. The molecule has 120 valence electrons. The zero-order chi connectivity index (χ0) is 15.6. The van der Waals surface area contributed by atoms with Gasteiger partial charge in [0, 0.05) is 6.54 Å². The van der Waals surface area contributed by atoms with Crippen LogP contribution in [0.2, 0.25) is 0 Å². The quantitative estimate of drug-likeness (QED) is 0.848. The summed E-state index contributed by atoms with van der Waals surface area (Å²) < 4.78 is 24.7. The van der Waals surface area contributed by atoms with Crippen LogP contribution in [0.15, 0.2) is 48.5 Å². The van der Waals surface area contributed by atoms with Crippen LogP contribution in [0.5, 0.6) is 17.2 Å². The van der Waals surface area contributed by atoms with E-state index in [1.54, 1.807) is 12.1 Å². The van der Waals surface area contributed by atoms with Crippen molar-refractivity contribution in [2.45, 2.75) is 18.9 Å². The minimum Gasteiger partial charge on any atom is -0.489 e. The maximum atomic E-state index is 12.9. The zero-order valence-electron chi connectivity index (χ0n) is 13.0. The van der Waals surface area contributed by atoms with Gasteiger partial charge < -0.3 is 9.47 Å². The number of ether oxygens (including phenoxy) is 2. The normalized spacial score (nSPS) is 26.0. The number of fused-ring (bicyclic) bond motifs is 3. The summed E-state index contributed by atoms with van der Waals surface area (Å²) in [6, 6.07) is 13.7. The molecule has 0 spiro atoms. The molecule has 0 N–H and O–H groups in total. The Morgan fingerprint density at radius 2 is 1.39 bits per heavy atom. The molecule has 3 heterocycles. The molecule has 0 amide bonds. The van der Waals surface area contributed by atoms with E-state index in [0.29, 0.717) is 17.8 Å². The van der Waals surface area contributed by atoms with Gasteiger partial charge in [0.2, 0.25) is 0 Å². The maximum absolute atomic E-state index is 12.9. The van der Waals surface area contributed by atoms with Crippen molar-refractivity contribution in [1.29, 1.82) is 0 Å². The van der Waals surface area contributed by atoms with Crippen molar-refractivity contribution >= 4 is 0 Å². The number of benzene rings is 2. The van der Waals surface area contributed by atoms with E-state index >= 15 is 0 Å². The first-order valence-electron chi connectivity index (χ1n) is 8.19. The van der Waals surface area contributed by atoms with Gasteiger partial charge in [0.05, 0.1) is 0 Å². The van der Waals surface area contributed by atoms with Gasteiger partial charge in [-0.3, -0.25) is 4.90 Å². The lowest BCUT2D eigenvalue weighted by Crippen LogP contribution is -2.52. The number of nitrogens with zero attached hydrogens (tertiary/aromatic N) is 1.